The van der Waals surface area contributed by atoms with Crippen molar-refractivity contribution < 1.29 is 27.8 Å². The zero-order valence-electron chi connectivity index (χ0n) is 14.6. The fourth-order valence-electron chi connectivity index (χ4n) is 3.35. The molecule has 2 aliphatic rings. The Bertz CT molecular complexity index is 670. The van der Waals surface area contributed by atoms with Gasteiger partial charge in [-0.15, -0.1) is 0 Å². The van der Waals surface area contributed by atoms with Gasteiger partial charge in [-0.2, -0.15) is 8.78 Å². The number of fused-ring (bicyclic) bond motifs is 1. The zero-order chi connectivity index (χ0) is 18.6. The molecule has 1 aliphatic carbocycles. The van der Waals surface area contributed by atoms with E-state index in [1.165, 1.54) is 18.2 Å². The lowest BCUT2D eigenvalue weighted by molar-refractivity contribution is -0.140. The average molecular weight is 367 g/mol. The van der Waals surface area contributed by atoms with Crippen molar-refractivity contribution in [1.82, 2.24) is 5.32 Å². The molecule has 1 aliphatic heterocycles. The fraction of sp³-hybridized carbons (Fsp3) is 0.579. The number of Topliss-reactive ketones (excluding diaryl/α,β-unsaturated/α-hetero) is 1. The maximum absolute atomic E-state index is 14.4. The van der Waals surface area contributed by atoms with Crippen molar-refractivity contribution in [3.05, 3.63) is 23.8 Å². The van der Waals surface area contributed by atoms with Crippen LogP contribution in [0.2, 0.25) is 0 Å². The van der Waals surface area contributed by atoms with E-state index in [9.17, 15) is 18.4 Å². The number of carbonyl (C=O) groups excluding carboxylic acids is 2. The molecule has 0 atom stereocenters. The third-order valence-electron chi connectivity index (χ3n) is 4.82. The van der Waals surface area contributed by atoms with Gasteiger partial charge in [-0.1, -0.05) is 32.1 Å². The minimum Gasteiger partial charge on any atom is -0.486 e. The number of benzene rings is 1. The van der Waals surface area contributed by atoms with Gasteiger partial charge < -0.3 is 14.8 Å². The highest BCUT2D eigenvalue weighted by atomic mass is 19.3. The second-order valence-corrected chi connectivity index (χ2v) is 6.78. The summed E-state index contributed by atoms with van der Waals surface area (Å²) in [6, 6.07) is 3.53. The molecule has 1 fully saturated rings. The zero-order valence-corrected chi connectivity index (χ0v) is 14.6. The molecule has 26 heavy (non-hydrogen) atoms. The summed E-state index contributed by atoms with van der Waals surface area (Å²) in [5.74, 6) is -6.54. The van der Waals surface area contributed by atoms with Crippen molar-refractivity contribution in [2.75, 3.05) is 13.2 Å². The molecule has 1 N–H and O–H groups in total. The summed E-state index contributed by atoms with van der Waals surface area (Å²) >= 11 is 0. The first kappa shape index (κ1) is 18.6. The smallest absolute Gasteiger partial charge is 0.386 e. The Morgan fingerprint density at radius 1 is 0.962 bits per heavy atom. The van der Waals surface area contributed by atoms with E-state index in [4.69, 9.17) is 9.47 Å². The molecule has 142 valence electrons. The average Bonchev–Trinajstić information content (AvgIpc) is 2.62. The van der Waals surface area contributed by atoms with Crippen molar-refractivity contribution in [3.63, 3.8) is 0 Å². The third kappa shape index (κ3) is 4.14. The number of amides is 1. The molecular weight excluding hydrogens is 344 g/mol. The molecule has 3 rings (SSSR count). The van der Waals surface area contributed by atoms with Gasteiger partial charge in [0.1, 0.15) is 13.2 Å². The number of ketones is 1. The quantitative estimate of drug-likeness (QED) is 0.653. The molecule has 1 saturated carbocycles. The van der Waals surface area contributed by atoms with Gasteiger partial charge in [-0.05, 0) is 31.0 Å². The van der Waals surface area contributed by atoms with E-state index in [1.807, 2.05) is 0 Å². The Morgan fingerprint density at radius 2 is 1.58 bits per heavy atom. The largest absolute Gasteiger partial charge is 0.486 e. The summed E-state index contributed by atoms with van der Waals surface area (Å²) in [5.41, 5.74) is -0.271. The van der Waals surface area contributed by atoms with Crippen LogP contribution in [0.5, 0.6) is 11.5 Å². The van der Waals surface area contributed by atoms with Gasteiger partial charge in [0.25, 0.3) is 5.91 Å². The predicted octanol–water partition coefficient (Wildman–Crippen LogP) is 3.50. The highest BCUT2D eigenvalue weighted by Crippen LogP contribution is 2.33. The Hall–Kier alpha value is -2.18. The molecule has 1 aromatic rings. The van der Waals surface area contributed by atoms with Crippen LogP contribution in [0.4, 0.5) is 8.78 Å². The van der Waals surface area contributed by atoms with Crippen molar-refractivity contribution in [2.24, 2.45) is 0 Å². The second-order valence-electron chi connectivity index (χ2n) is 6.78. The molecule has 0 spiro atoms. The van der Waals surface area contributed by atoms with Crippen LogP contribution >= 0.6 is 0 Å². The lowest BCUT2D eigenvalue weighted by Crippen LogP contribution is -2.49. The van der Waals surface area contributed by atoms with Crippen molar-refractivity contribution in [1.29, 1.82) is 0 Å². The van der Waals surface area contributed by atoms with Crippen LogP contribution in [0.1, 0.15) is 55.3 Å². The van der Waals surface area contributed by atoms with E-state index in [1.54, 1.807) is 0 Å². The SMILES string of the molecule is O=C(NC1CCCCCCC1)C(F)(F)C(=O)c1ccc2c(c1)OCCO2. The summed E-state index contributed by atoms with van der Waals surface area (Å²) in [4.78, 5) is 24.3. The van der Waals surface area contributed by atoms with Crippen LogP contribution in [-0.4, -0.2) is 36.9 Å². The molecule has 0 saturated heterocycles. The first-order chi connectivity index (χ1) is 12.5. The molecule has 0 unspecified atom stereocenters. The third-order valence-corrected chi connectivity index (χ3v) is 4.82. The van der Waals surface area contributed by atoms with Crippen LogP contribution in [0.3, 0.4) is 0 Å². The molecule has 1 amide bonds. The lowest BCUT2D eigenvalue weighted by Gasteiger charge is -2.24. The van der Waals surface area contributed by atoms with Crippen LogP contribution < -0.4 is 14.8 Å². The van der Waals surface area contributed by atoms with Crippen LogP contribution in [0.25, 0.3) is 0 Å². The summed E-state index contributed by atoms with van der Waals surface area (Å²) < 4.78 is 39.5. The Balaban J connectivity index is 1.69. The number of alkyl halides is 2. The van der Waals surface area contributed by atoms with Crippen LogP contribution in [0.15, 0.2) is 18.2 Å². The molecule has 1 aromatic carbocycles. The van der Waals surface area contributed by atoms with Gasteiger partial charge in [-0.25, -0.2) is 0 Å². The first-order valence-corrected chi connectivity index (χ1v) is 9.12. The standard InChI is InChI=1S/C19H23F2NO4/c20-19(21,18(24)22-14-6-4-2-1-3-5-7-14)17(23)13-8-9-15-16(12-13)26-11-10-25-15/h8-9,12,14H,1-7,10-11H2,(H,22,24). The number of hydrogen-bond donors (Lipinski definition) is 1. The van der Waals surface area contributed by atoms with Crippen LogP contribution in [-0.2, 0) is 4.79 Å². The monoisotopic (exact) mass is 367 g/mol. The summed E-state index contributed by atoms with van der Waals surface area (Å²) in [6.07, 6.45) is 6.34. The Kier molecular flexibility index (Phi) is 5.74. The fourth-order valence-corrected chi connectivity index (χ4v) is 3.35. The second kappa shape index (κ2) is 8.01. The van der Waals surface area contributed by atoms with Gasteiger partial charge in [0.2, 0.25) is 5.78 Å². The molecule has 0 aromatic heterocycles. The molecule has 0 radical (unpaired) electrons. The van der Waals surface area contributed by atoms with Gasteiger partial charge in [0.05, 0.1) is 0 Å². The number of rotatable bonds is 4. The topological polar surface area (TPSA) is 64.6 Å². The number of hydrogen-bond acceptors (Lipinski definition) is 4. The van der Waals surface area contributed by atoms with E-state index in [0.29, 0.717) is 25.2 Å². The molecule has 1 heterocycles. The first-order valence-electron chi connectivity index (χ1n) is 9.12. The maximum Gasteiger partial charge on any atom is 0.386 e. The molecule has 7 heteroatoms. The van der Waals surface area contributed by atoms with Gasteiger partial charge in [-0.3, -0.25) is 9.59 Å². The number of halogens is 2. The molecule has 5 nitrogen and oxygen atoms in total. The highest BCUT2D eigenvalue weighted by Gasteiger charge is 2.48. The van der Waals surface area contributed by atoms with Gasteiger partial charge >= 0.3 is 5.92 Å². The predicted molar refractivity (Wildman–Crippen MR) is 91.0 cm³/mol. The van der Waals surface area contributed by atoms with Crippen molar-refractivity contribution in [2.45, 2.75) is 56.9 Å². The van der Waals surface area contributed by atoms with E-state index in [0.717, 1.165) is 32.1 Å². The normalized spacial score (nSPS) is 18.5. The Morgan fingerprint density at radius 3 is 2.27 bits per heavy atom. The number of nitrogens with one attached hydrogen (secondary N) is 1. The van der Waals surface area contributed by atoms with E-state index in [2.05, 4.69) is 5.32 Å². The van der Waals surface area contributed by atoms with Crippen molar-refractivity contribution >= 4 is 11.7 Å². The van der Waals surface area contributed by atoms with Crippen LogP contribution in [0, 0.1) is 0 Å². The Labute approximate surface area is 151 Å². The van der Waals surface area contributed by atoms with Gasteiger partial charge in [0, 0.05) is 11.6 Å². The van der Waals surface area contributed by atoms with Gasteiger partial charge in [0.15, 0.2) is 11.5 Å². The lowest BCUT2D eigenvalue weighted by atomic mass is 9.96. The maximum atomic E-state index is 14.4. The molecular formula is C19H23F2NO4. The minimum absolute atomic E-state index is 0.235. The minimum atomic E-state index is -4.12. The number of carbonyl (C=O) groups is 2. The van der Waals surface area contributed by atoms with Crippen molar-refractivity contribution in [3.8, 4) is 11.5 Å². The summed E-state index contributed by atoms with van der Waals surface area (Å²) in [6.45, 7) is 0.642. The van der Waals surface area contributed by atoms with E-state index < -0.39 is 17.6 Å². The molecule has 0 bridgehead atoms. The summed E-state index contributed by atoms with van der Waals surface area (Å²) in [7, 11) is 0. The highest BCUT2D eigenvalue weighted by molar-refractivity contribution is 6.15. The number of ether oxygens (including phenoxy) is 2. The summed E-state index contributed by atoms with van der Waals surface area (Å²) in [5, 5.41) is 2.37. The van der Waals surface area contributed by atoms with E-state index >= 15 is 0 Å². The van der Waals surface area contributed by atoms with E-state index in [-0.39, 0.29) is 24.0 Å².